The zero-order valence-corrected chi connectivity index (χ0v) is 22.9. The monoisotopic (exact) mass is 590 g/mol. The van der Waals surface area contributed by atoms with Crippen molar-refractivity contribution in [2.75, 3.05) is 32.8 Å². The molecular weight excluding hydrogens is 557 g/mol. The highest BCUT2D eigenvalue weighted by atomic mass is 19.4. The van der Waals surface area contributed by atoms with Crippen molar-refractivity contribution in [3.05, 3.63) is 70.5 Å². The SMILES string of the molecule is CC(C)N1CCN(C[C@@H]2CCO[C@H](O[C@H](C)c3cc(C(F)(F)F)cc(C(F)(F)F)c3)[C@H]2c2ccc(F)cc2)C(=O)C1. The summed E-state index contributed by atoms with van der Waals surface area (Å²) in [5, 5.41) is 0. The van der Waals surface area contributed by atoms with E-state index in [1.807, 2.05) is 13.8 Å². The Morgan fingerprint density at radius 2 is 1.56 bits per heavy atom. The van der Waals surface area contributed by atoms with E-state index in [0.717, 1.165) is 0 Å². The van der Waals surface area contributed by atoms with Crippen LogP contribution < -0.4 is 0 Å². The summed E-state index contributed by atoms with van der Waals surface area (Å²) < 4.78 is 106. The van der Waals surface area contributed by atoms with Gasteiger partial charge in [-0.15, -0.1) is 0 Å². The summed E-state index contributed by atoms with van der Waals surface area (Å²) in [6.45, 7) is 7.42. The molecule has 12 heteroatoms. The molecule has 0 N–H and O–H groups in total. The predicted octanol–water partition coefficient (Wildman–Crippen LogP) is 6.64. The molecule has 2 aromatic rings. The summed E-state index contributed by atoms with van der Waals surface area (Å²) in [5.41, 5.74) is -2.55. The topological polar surface area (TPSA) is 42.0 Å². The van der Waals surface area contributed by atoms with Crippen molar-refractivity contribution in [2.45, 2.75) is 63.9 Å². The molecule has 0 bridgehead atoms. The van der Waals surface area contributed by atoms with Gasteiger partial charge in [0, 0.05) is 31.6 Å². The third-order valence-corrected chi connectivity index (χ3v) is 7.78. The van der Waals surface area contributed by atoms with Crippen molar-refractivity contribution < 1.29 is 45.0 Å². The minimum atomic E-state index is -5.00. The smallest absolute Gasteiger partial charge is 0.352 e. The second-order valence-corrected chi connectivity index (χ2v) is 10.9. The number of carbonyl (C=O) groups is 1. The number of alkyl halides is 6. The maximum atomic E-state index is 13.8. The highest BCUT2D eigenvalue weighted by Gasteiger charge is 2.41. The normalized spacial score (nSPS) is 23.7. The zero-order valence-electron chi connectivity index (χ0n) is 22.9. The van der Waals surface area contributed by atoms with Crippen LogP contribution in [-0.2, 0) is 26.6 Å². The molecule has 4 atom stereocenters. The van der Waals surface area contributed by atoms with E-state index in [9.17, 15) is 35.5 Å². The van der Waals surface area contributed by atoms with Crippen LogP contribution in [0.2, 0.25) is 0 Å². The van der Waals surface area contributed by atoms with Crippen molar-refractivity contribution in [1.82, 2.24) is 9.80 Å². The van der Waals surface area contributed by atoms with Crippen molar-refractivity contribution in [3.8, 4) is 0 Å². The molecule has 0 unspecified atom stereocenters. The van der Waals surface area contributed by atoms with Gasteiger partial charge in [-0.25, -0.2) is 4.39 Å². The Balaban J connectivity index is 1.61. The van der Waals surface area contributed by atoms with Crippen LogP contribution in [0.1, 0.15) is 61.5 Å². The fourth-order valence-electron chi connectivity index (χ4n) is 5.42. The first-order valence-electron chi connectivity index (χ1n) is 13.5. The first kappa shape index (κ1) is 31.2. The van der Waals surface area contributed by atoms with E-state index >= 15 is 0 Å². The summed E-state index contributed by atoms with van der Waals surface area (Å²) in [4.78, 5) is 16.8. The molecule has 226 valence electrons. The first-order valence-corrected chi connectivity index (χ1v) is 13.5. The van der Waals surface area contributed by atoms with Crippen molar-refractivity contribution in [2.24, 2.45) is 5.92 Å². The van der Waals surface area contributed by atoms with Crippen LogP contribution in [0, 0.1) is 11.7 Å². The number of hydrogen-bond acceptors (Lipinski definition) is 4. The summed E-state index contributed by atoms with van der Waals surface area (Å²) in [7, 11) is 0. The molecule has 2 heterocycles. The van der Waals surface area contributed by atoms with Gasteiger partial charge >= 0.3 is 12.4 Å². The molecule has 2 fully saturated rings. The number of nitrogens with zero attached hydrogens (tertiary/aromatic N) is 2. The molecule has 4 rings (SSSR count). The number of hydrogen-bond donors (Lipinski definition) is 0. The van der Waals surface area contributed by atoms with E-state index < -0.39 is 47.6 Å². The number of carbonyl (C=O) groups excluding carboxylic acids is 1. The predicted molar refractivity (Wildman–Crippen MR) is 136 cm³/mol. The highest BCUT2D eigenvalue weighted by molar-refractivity contribution is 5.79. The fraction of sp³-hybridized carbons (Fsp3) is 0.552. The lowest BCUT2D eigenvalue weighted by molar-refractivity contribution is -0.211. The van der Waals surface area contributed by atoms with Crippen LogP contribution in [0.5, 0.6) is 0 Å². The Morgan fingerprint density at radius 1 is 0.951 bits per heavy atom. The molecule has 0 aliphatic carbocycles. The standard InChI is InChI=1S/C29H33F7N2O3/c1-17(2)37-9-10-38(25(39)16-37)15-20-8-11-40-27(26(20)19-4-6-24(30)7-5-19)41-18(3)21-12-22(28(31,32)33)14-23(13-21)29(34,35)36/h4-7,12-14,17-18,20,26-27H,8-11,15-16H2,1-3H3/t18-,20+,26+,27-/m1/s1. The molecule has 5 nitrogen and oxygen atoms in total. The van der Waals surface area contributed by atoms with Gasteiger partial charge in [-0.1, -0.05) is 12.1 Å². The van der Waals surface area contributed by atoms with Gasteiger partial charge in [-0.3, -0.25) is 9.69 Å². The Morgan fingerprint density at radius 3 is 2.10 bits per heavy atom. The number of benzene rings is 2. The lowest BCUT2D eigenvalue weighted by Crippen LogP contribution is -2.54. The number of ether oxygens (including phenoxy) is 2. The van der Waals surface area contributed by atoms with Crippen LogP contribution in [0.4, 0.5) is 30.7 Å². The highest BCUT2D eigenvalue weighted by Crippen LogP contribution is 2.42. The molecule has 2 aliphatic rings. The van der Waals surface area contributed by atoms with Gasteiger partial charge in [0.2, 0.25) is 5.91 Å². The lowest BCUT2D eigenvalue weighted by atomic mass is 9.81. The molecule has 2 aliphatic heterocycles. The number of rotatable bonds is 7. The van der Waals surface area contributed by atoms with Crippen molar-refractivity contribution >= 4 is 5.91 Å². The van der Waals surface area contributed by atoms with Gasteiger partial charge in [0.25, 0.3) is 0 Å². The number of halogens is 7. The first-order chi connectivity index (χ1) is 19.1. The van der Waals surface area contributed by atoms with Crippen molar-refractivity contribution in [3.63, 3.8) is 0 Å². The maximum Gasteiger partial charge on any atom is 0.416 e. The zero-order chi connectivity index (χ0) is 30.1. The van der Waals surface area contributed by atoms with Crippen LogP contribution in [0.15, 0.2) is 42.5 Å². The minimum absolute atomic E-state index is 0.0382. The average molecular weight is 591 g/mol. The maximum absolute atomic E-state index is 13.8. The van der Waals surface area contributed by atoms with E-state index in [2.05, 4.69) is 4.90 Å². The molecular formula is C29H33F7N2O3. The quantitative estimate of drug-likeness (QED) is 0.339. The van der Waals surface area contributed by atoms with Gasteiger partial charge in [-0.05, 0) is 74.6 Å². The molecule has 0 saturated carbocycles. The molecule has 0 radical (unpaired) electrons. The Labute approximate surface area is 234 Å². The van der Waals surface area contributed by atoms with Crippen LogP contribution >= 0.6 is 0 Å². The third kappa shape index (κ3) is 7.58. The summed E-state index contributed by atoms with van der Waals surface area (Å²) in [6.07, 6.45) is -11.7. The van der Waals surface area contributed by atoms with Crippen LogP contribution in [-0.4, -0.2) is 60.8 Å². The van der Waals surface area contributed by atoms with Gasteiger partial charge in [0.05, 0.1) is 30.4 Å². The summed E-state index contributed by atoms with van der Waals surface area (Å²) in [5.74, 6) is -1.29. The van der Waals surface area contributed by atoms with E-state index in [4.69, 9.17) is 9.47 Å². The van der Waals surface area contributed by atoms with Gasteiger partial charge in [0.15, 0.2) is 6.29 Å². The van der Waals surface area contributed by atoms with E-state index in [0.29, 0.717) is 43.8 Å². The molecule has 41 heavy (non-hydrogen) atoms. The van der Waals surface area contributed by atoms with E-state index in [1.54, 1.807) is 17.0 Å². The molecule has 1 amide bonds. The average Bonchev–Trinajstić information content (AvgIpc) is 2.89. The minimum Gasteiger partial charge on any atom is -0.352 e. The van der Waals surface area contributed by atoms with Gasteiger partial charge in [-0.2, -0.15) is 26.3 Å². The van der Waals surface area contributed by atoms with Gasteiger partial charge < -0.3 is 14.4 Å². The Kier molecular flexibility index (Phi) is 9.35. The number of piperazine rings is 1. The van der Waals surface area contributed by atoms with Crippen LogP contribution in [0.25, 0.3) is 0 Å². The Bertz CT molecular complexity index is 1170. The van der Waals surface area contributed by atoms with Crippen LogP contribution in [0.3, 0.4) is 0 Å². The second kappa shape index (κ2) is 12.3. The van der Waals surface area contributed by atoms with Gasteiger partial charge in [0.1, 0.15) is 5.82 Å². The van der Waals surface area contributed by atoms with E-state index in [-0.39, 0.29) is 42.6 Å². The number of amides is 1. The largest absolute Gasteiger partial charge is 0.416 e. The molecule has 0 spiro atoms. The van der Waals surface area contributed by atoms with E-state index in [1.165, 1.54) is 19.1 Å². The Hall–Kier alpha value is -2.70. The summed E-state index contributed by atoms with van der Waals surface area (Å²) in [6, 6.07) is 7.18. The third-order valence-electron chi connectivity index (χ3n) is 7.78. The molecule has 2 saturated heterocycles. The second-order valence-electron chi connectivity index (χ2n) is 10.9. The fourth-order valence-corrected chi connectivity index (χ4v) is 5.42. The lowest BCUT2D eigenvalue weighted by Gasteiger charge is -2.43. The molecule has 2 aromatic carbocycles. The molecule has 0 aromatic heterocycles. The van der Waals surface area contributed by atoms with Crippen molar-refractivity contribution in [1.29, 1.82) is 0 Å². The summed E-state index contributed by atoms with van der Waals surface area (Å²) >= 11 is 0.